The summed E-state index contributed by atoms with van der Waals surface area (Å²) in [7, 11) is 0. The minimum absolute atomic E-state index is 0.160. The van der Waals surface area contributed by atoms with Crippen LogP contribution < -0.4 is 21.3 Å². The van der Waals surface area contributed by atoms with E-state index in [9.17, 15) is 9.59 Å². The maximum Gasteiger partial charge on any atom is 0.234 e. The highest BCUT2D eigenvalue weighted by Gasteiger charge is 2.30. The van der Waals surface area contributed by atoms with Crippen LogP contribution in [0, 0.1) is 0 Å². The maximum absolute atomic E-state index is 10.9. The van der Waals surface area contributed by atoms with E-state index in [1.165, 1.54) is 38.5 Å². The van der Waals surface area contributed by atoms with Gasteiger partial charge in [0.05, 0.1) is 13.1 Å². The Bertz CT molecular complexity index is 377. The molecule has 0 aromatic rings. The second-order valence-corrected chi connectivity index (χ2v) is 6.89. The number of amides is 2. The van der Waals surface area contributed by atoms with Gasteiger partial charge < -0.3 is 21.3 Å². The fraction of sp³-hybridized carbons (Fsp3) is 0.875. The zero-order valence-corrected chi connectivity index (χ0v) is 13.2. The van der Waals surface area contributed by atoms with Crippen molar-refractivity contribution in [3.8, 4) is 0 Å². The molecule has 2 heterocycles. The van der Waals surface area contributed by atoms with Crippen molar-refractivity contribution in [1.82, 2.24) is 21.3 Å². The van der Waals surface area contributed by atoms with Gasteiger partial charge in [-0.1, -0.05) is 25.7 Å². The van der Waals surface area contributed by atoms with Gasteiger partial charge in [0.2, 0.25) is 11.8 Å². The van der Waals surface area contributed by atoms with Crippen LogP contribution in [-0.4, -0.2) is 49.1 Å². The van der Waals surface area contributed by atoms with Gasteiger partial charge in [-0.3, -0.25) is 9.59 Å². The first-order chi connectivity index (χ1) is 10.7. The van der Waals surface area contributed by atoms with Crippen LogP contribution in [0.15, 0.2) is 0 Å². The van der Waals surface area contributed by atoms with E-state index in [0.29, 0.717) is 37.3 Å². The Morgan fingerprint density at radius 1 is 0.591 bits per heavy atom. The lowest BCUT2D eigenvalue weighted by Gasteiger charge is -2.36. The third kappa shape index (κ3) is 3.98. The number of hydrogen-bond donors (Lipinski definition) is 4. The molecular weight excluding hydrogens is 280 g/mol. The van der Waals surface area contributed by atoms with E-state index in [-0.39, 0.29) is 11.8 Å². The Balaban J connectivity index is 0.000000131. The fourth-order valence-electron chi connectivity index (χ4n) is 4.06. The molecule has 4 fully saturated rings. The molecule has 4 aliphatic rings. The van der Waals surface area contributed by atoms with Gasteiger partial charge in [0.25, 0.3) is 0 Å². The SMILES string of the molecule is O=C1CN[C@@H]2CCCC[C@H]2N1.O=C1CN[C@H]2CCCC[C@@H]2N1. The Kier molecular flexibility index (Phi) is 5.31. The van der Waals surface area contributed by atoms with Crippen molar-refractivity contribution in [2.75, 3.05) is 13.1 Å². The van der Waals surface area contributed by atoms with Gasteiger partial charge in [-0.2, -0.15) is 0 Å². The number of carbonyl (C=O) groups excluding carboxylic acids is 2. The van der Waals surface area contributed by atoms with Gasteiger partial charge in [0, 0.05) is 24.2 Å². The average Bonchev–Trinajstić information content (AvgIpc) is 2.55. The van der Waals surface area contributed by atoms with Crippen LogP contribution in [0.5, 0.6) is 0 Å². The summed E-state index contributed by atoms with van der Waals surface area (Å²) in [6, 6.07) is 1.96. The van der Waals surface area contributed by atoms with Crippen LogP contribution in [0.3, 0.4) is 0 Å². The molecule has 6 nitrogen and oxygen atoms in total. The molecule has 4 atom stereocenters. The van der Waals surface area contributed by atoms with Crippen LogP contribution in [0.25, 0.3) is 0 Å². The van der Waals surface area contributed by atoms with Crippen molar-refractivity contribution in [3.05, 3.63) is 0 Å². The maximum atomic E-state index is 10.9. The summed E-state index contributed by atoms with van der Waals surface area (Å²) in [5.41, 5.74) is 0. The molecule has 6 heteroatoms. The molecule has 22 heavy (non-hydrogen) atoms. The van der Waals surface area contributed by atoms with Crippen molar-refractivity contribution in [2.24, 2.45) is 0 Å². The Morgan fingerprint density at radius 3 is 1.36 bits per heavy atom. The monoisotopic (exact) mass is 308 g/mol. The first kappa shape index (κ1) is 15.7. The van der Waals surface area contributed by atoms with Gasteiger partial charge in [-0.15, -0.1) is 0 Å². The smallest absolute Gasteiger partial charge is 0.234 e. The lowest BCUT2D eigenvalue weighted by molar-refractivity contribution is -0.124. The molecule has 2 aliphatic heterocycles. The normalized spacial score (nSPS) is 37.6. The van der Waals surface area contributed by atoms with E-state index in [4.69, 9.17) is 0 Å². The summed E-state index contributed by atoms with van der Waals surface area (Å²) in [6.07, 6.45) is 9.92. The summed E-state index contributed by atoms with van der Waals surface area (Å²) < 4.78 is 0. The quantitative estimate of drug-likeness (QED) is 0.509. The van der Waals surface area contributed by atoms with E-state index in [1.54, 1.807) is 0 Å². The predicted octanol–water partition coefficient (Wildman–Crippen LogP) is 0.0340. The summed E-state index contributed by atoms with van der Waals surface area (Å²) in [6.45, 7) is 1.03. The molecule has 2 amide bonds. The lowest BCUT2D eigenvalue weighted by Crippen LogP contribution is -2.59. The Hall–Kier alpha value is -1.14. The average molecular weight is 308 g/mol. The van der Waals surface area contributed by atoms with Crippen molar-refractivity contribution in [3.63, 3.8) is 0 Å². The number of nitrogens with one attached hydrogen (secondary N) is 4. The Morgan fingerprint density at radius 2 is 0.955 bits per heavy atom. The first-order valence-electron chi connectivity index (χ1n) is 8.78. The third-order valence-corrected chi connectivity index (χ3v) is 5.27. The minimum Gasteiger partial charge on any atom is -0.351 e. The topological polar surface area (TPSA) is 82.3 Å². The second-order valence-electron chi connectivity index (χ2n) is 6.89. The number of carbonyl (C=O) groups is 2. The van der Waals surface area contributed by atoms with Crippen molar-refractivity contribution in [2.45, 2.75) is 75.5 Å². The number of hydrogen-bond acceptors (Lipinski definition) is 4. The van der Waals surface area contributed by atoms with Gasteiger partial charge in [-0.25, -0.2) is 0 Å². The van der Waals surface area contributed by atoms with Crippen molar-refractivity contribution >= 4 is 11.8 Å². The third-order valence-electron chi connectivity index (χ3n) is 5.27. The second kappa shape index (κ2) is 7.42. The zero-order valence-electron chi connectivity index (χ0n) is 13.2. The van der Waals surface area contributed by atoms with E-state index < -0.39 is 0 Å². The molecule has 0 bridgehead atoms. The molecule has 0 radical (unpaired) electrons. The van der Waals surface area contributed by atoms with Gasteiger partial charge in [-0.05, 0) is 25.7 Å². The highest BCUT2D eigenvalue weighted by molar-refractivity contribution is 5.79. The standard InChI is InChI=1S/2C8H14N2O/c2*11-8-5-9-6-3-1-2-4-7(6)10-8/h2*6-7,9H,1-5H2,(H,10,11)/t2*6-,7-/m10/s1. The molecule has 2 saturated heterocycles. The van der Waals surface area contributed by atoms with Crippen molar-refractivity contribution in [1.29, 1.82) is 0 Å². The predicted molar refractivity (Wildman–Crippen MR) is 84.4 cm³/mol. The minimum atomic E-state index is 0.160. The highest BCUT2D eigenvalue weighted by Crippen LogP contribution is 2.20. The summed E-state index contributed by atoms with van der Waals surface area (Å²) in [4.78, 5) is 21.9. The molecule has 0 aromatic heterocycles. The molecule has 0 spiro atoms. The number of rotatable bonds is 0. The molecule has 0 unspecified atom stereocenters. The molecule has 124 valence electrons. The van der Waals surface area contributed by atoms with Crippen molar-refractivity contribution < 1.29 is 9.59 Å². The lowest BCUT2D eigenvalue weighted by atomic mass is 9.89. The van der Waals surface area contributed by atoms with Crippen LogP contribution in [0.1, 0.15) is 51.4 Å². The zero-order chi connectivity index (χ0) is 15.4. The van der Waals surface area contributed by atoms with Crippen LogP contribution in [-0.2, 0) is 9.59 Å². The molecule has 4 rings (SSSR count). The van der Waals surface area contributed by atoms with Gasteiger partial charge in [0.15, 0.2) is 0 Å². The number of piperazine rings is 2. The van der Waals surface area contributed by atoms with E-state index in [1.807, 2.05) is 0 Å². The Labute approximate surface area is 132 Å². The fourth-order valence-corrected chi connectivity index (χ4v) is 4.06. The first-order valence-corrected chi connectivity index (χ1v) is 8.78. The van der Waals surface area contributed by atoms with E-state index >= 15 is 0 Å². The highest BCUT2D eigenvalue weighted by atomic mass is 16.2. The summed E-state index contributed by atoms with van der Waals surface area (Å²) in [5, 5.41) is 12.6. The van der Waals surface area contributed by atoms with Gasteiger partial charge >= 0.3 is 0 Å². The van der Waals surface area contributed by atoms with Crippen LogP contribution >= 0.6 is 0 Å². The van der Waals surface area contributed by atoms with Crippen LogP contribution in [0.4, 0.5) is 0 Å². The van der Waals surface area contributed by atoms with Crippen LogP contribution in [0.2, 0.25) is 0 Å². The molecule has 2 aliphatic carbocycles. The molecule has 0 aromatic carbocycles. The molecule has 2 saturated carbocycles. The number of fused-ring (bicyclic) bond motifs is 2. The molecule has 4 N–H and O–H groups in total. The molecular formula is C16H28N4O2. The summed E-state index contributed by atoms with van der Waals surface area (Å²) >= 11 is 0. The van der Waals surface area contributed by atoms with E-state index in [2.05, 4.69) is 21.3 Å². The summed E-state index contributed by atoms with van der Waals surface area (Å²) in [5.74, 6) is 0.321. The largest absolute Gasteiger partial charge is 0.351 e. The van der Waals surface area contributed by atoms with Gasteiger partial charge in [0.1, 0.15) is 0 Å². The van der Waals surface area contributed by atoms with E-state index in [0.717, 1.165) is 12.8 Å².